The third kappa shape index (κ3) is 4.19. The second-order valence-electron chi connectivity index (χ2n) is 8.53. The van der Waals surface area contributed by atoms with E-state index in [0.29, 0.717) is 22.4 Å². The number of nitrogens with zero attached hydrogens (tertiary/aromatic N) is 3. The van der Waals surface area contributed by atoms with Gasteiger partial charge in [0.05, 0.1) is 0 Å². The average Bonchev–Trinajstić information content (AvgIpc) is 2.95. The Morgan fingerprint density at radius 3 is 2.25 bits per heavy atom. The van der Waals surface area contributed by atoms with Gasteiger partial charge in [-0.2, -0.15) is 10.5 Å². The van der Waals surface area contributed by atoms with Crippen molar-refractivity contribution in [3.05, 3.63) is 71.3 Å². The number of carbonyl (C=O) groups excluding carboxylic acids is 2. The first-order valence-corrected chi connectivity index (χ1v) is 10.1. The first-order chi connectivity index (χ1) is 15.1. The lowest BCUT2D eigenvalue weighted by Gasteiger charge is -2.32. The number of allylic oxidation sites excluding steroid dienone is 1. The zero-order chi connectivity index (χ0) is 23.5. The van der Waals surface area contributed by atoms with Crippen LogP contribution < -0.4 is 10.2 Å². The summed E-state index contributed by atoms with van der Waals surface area (Å²) >= 11 is 0. The summed E-state index contributed by atoms with van der Waals surface area (Å²) in [5.74, 6) is -0.381. The molecule has 0 fully saturated rings. The van der Waals surface area contributed by atoms with Crippen molar-refractivity contribution in [3.63, 3.8) is 0 Å². The van der Waals surface area contributed by atoms with Crippen LogP contribution in [0.15, 0.2) is 60.2 Å². The maximum Gasteiger partial charge on any atom is 0.408 e. The molecule has 2 aromatic carbocycles. The van der Waals surface area contributed by atoms with Crippen LogP contribution in [0.2, 0.25) is 0 Å². The Labute approximate surface area is 187 Å². The first-order valence-electron chi connectivity index (χ1n) is 10.1. The van der Waals surface area contributed by atoms with E-state index in [0.717, 1.165) is 0 Å². The van der Waals surface area contributed by atoms with E-state index < -0.39 is 17.2 Å². The quantitative estimate of drug-likeness (QED) is 0.732. The molecule has 0 spiro atoms. The summed E-state index contributed by atoms with van der Waals surface area (Å²) in [4.78, 5) is 27.9. The van der Waals surface area contributed by atoms with Crippen LogP contribution in [-0.2, 0) is 15.1 Å². The molecule has 1 aliphatic heterocycles. The lowest BCUT2D eigenvalue weighted by molar-refractivity contribution is -0.124. The van der Waals surface area contributed by atoms with Crippen LogP contribution >= 0.6 is 0 Å². The number of benzene rings is 2. The van der Waals surface area contributed by atoms with Gasteiger partial charge >= 0.3 is 6.09 Å². The number of amides is 2. The number of para-hydroxylation sites is 1. The molecular formula is C25H24N4O3. The third-order valence-electron chi connectivity index (χ3n) is 5.20. The number of hydrogen-bond donors (Lipinski definition) is 1. The van der Waals surface area contributed by atoms with Crippen LogP contribution in [-0.4, -0.2) is 24.6 Å². The molecule has 3 rings (SSSR count). The minimum atomic E-state index is -1.54. The molecule has 32 heavy (non-hydrogen) atoms. The van der Waals surface area contributed by atoms with Crippen LogP contribution in [0.25, 0.3) is 5.57 Å². The van der Waals surface area contributed by atoms with Gasteiger partial charge in [0.15, 0.2) is 5.54 Å². The van der Waals surface area contributed by atoms with Crippen molar-refractivity contribution in [2.24, 2.45) is 0 Å². The van der Waals surface area contributed by atoms with Crippen LogP contribution in [0.4, 0.5) is 10.5 Å². The highest BCUT2D eigenvalue weighted by atomic mass is 16.6. The Balaban J connectivity index is 2.21. The molecule has 1 aliphatic rings. The normalized spacial score (nSPS) is 17.1. The summed E-state index contributed by atoms with van der Waals surface area (Å²) in [5.41, 5.74) is -0.251. The summed E-state index contributed by atoms with van der Waals surface area (Å²) < 4.78 is 5.46. The summed E-state index contributed by atoms with van der Waals surface area (Å²) in [6, 6.07) is 19.9. The molecular weight excluding hydrogens is 404 g/mol. The van der Waals surface area contributed by atoms with Gasteiger partial charge in [-0.3, -0.25) is 4.79 Å². The number of rotatable bonds is 4. The number of ether oxygens (including phenoxy) is 1. The lowest BCUT2D eigenvalue weighted by Crippen LogP contribution is -2.53. The van der Waals surface area contributed by atoms with Crippen LogP contribution in [0.3, 0.4) is 0 Å². The van der Waals surface area contributed by atoms with Gasteiger partial charge in [-0.05, 0) is 38.0 Å². The van der Waals surface area contributed by atoms with Crippen molar-refractivity contribution in [2.45, 2.75) is 38.3 Å². The highest BCUT2D eigenvalue weighted by Gasteiger charge is 2.52. The van der Waals surface area contributed by atoms with Gasteiger partial charge in [0, 0.05) is 24.7 Å². The second kappa shape index (κ2) is 8.56. The topological polar surface area (TPSA) is 106 Å². The van der Waals surface area contributed by atoms with Crippen molar-refractivity contribution in [2.75, 3.05) is 11.9 Å². The number of anilines is 1. The van der Waals surface area contributed by atoms with Crippen molar-refractivity contribution in [1.29, 1.82) is 10.5 Å². The Hall–Kier alpha value is -4.10. The van der Waals surface area contributed by atoms with E-state index in [2.05, 4.69) is 5.32 Å². The Kier molecular flexibility index (Phi) is 6.04. The molecule has 0 saturated heterocycles. The molecule has 1 N–H and O–H groups in total. The van der Waals surface area contributed by atoms with Gasteiger partial charge in [0.1, 0.15) is 23.3 Å². The van der Waals surface area contributed by atoms with Crippen molar-refractivity contribution >= 4 is 23.3 Å². The zero-order valence-corrected chi connectivity index (χ0v) is 18.5. The molecule has 7 heteroatoms. The molecule has 7 nitrogen and oxygen atoms in total. The highest BCUT2D eigenvalue weighted by molar-refractivity contribution is 6.10. The smallest absolute Gasteiger partial charge is 0.408 e. The lowest BCUT2D eigenvalue weighted by atomic mass is 9.81. The minimum absolute atomic E-state index is 0.0904. The number of hydrogen-bond acceptors (Lipinski definition) is 5. The van der Waals surface area contributed by atoms with Crippen molar-refractivity contribution in [1.82, 2.24) is 5.32 Å². The maximum atomic E-state index is 13.6. The van der Waals surface area contributed by atoms with Crippen LogP contribution in [0.1, 0.15) is 38.3 Å². The standard InChI is InChI=1S/C25H24N4O3/c1-24(2,3)32-23(31)28-25(20-12-8-9-13-21(20)29(4)22(25)30)14-19(18(15-26)16-27)17-10-6-5-7-11-17/h5-13H,14H2,1-4H3,(H,28,31)/t25-/m1/s1. The molecule has 0 aliphatic carbocycles. The molecule has 0 aromatic heterocycles. The van der Waals surface area contributed by atoms with Gasteiger partial charge < -0.3 is 15.0 Å². The van der Waals surface area contributed by atoms with E-state index in [1.807, 2.05) is 18.2 Å². The van der Waals surface area contributed by atoms with Crippen LogP contribution in [0.5, 0.6) is 0 Å². The van der Waals surface area contributed by atoms with Crippen molar-refractivity contribution in [3.8, 4) is 12.1 Å². The molecule has 162 valence electrons. The molecule has 2 aromatic rings. The van der Waals surface area contributed by atoms with E-state index in [1.54, 1.807) is 76.3 Å². The van der Waals surface area contributed by atoms with Gasteiger partial charge in [0.2, 0.25) is 0 Å². The number of alkyl carbamates (subject to hydrolysis) is 1. The molecule has 0 unspecified atom stereocenters. The number of likely N-dealkylation sites (N-methyl/N-ethyl adjacent to an activating group) is 1. The summed E-state index contributed by atoms with van der Waals surface area (Å²) in [6.45, 7) is 5.19. The number of fused-ring (bicyclic) bond motifs is 1. The van der Waals surface area contributed by atoms with E-state index in [1.165, 1.54) is 4.90 Å². The summed E-state index contributed by atoms with van der Waals surface area (Å²) in [7, 11) is 1.63. The summed E-state index contributed by atoms with van der Waals surface area (Å²) in [6.07, 6.45) is -0.855. The first kappa shape index (κ1) is 22.6. The molecule has 0 radical (unpaired) electrons. The van der Waals surface area contributed by atoms with E-state index in [-0.39, 0.29) is 17.9 Å². The second-order valence-corrected chi connectivity index (χ2v) is 8.53. The van der Waals surface area contributed by atoms with Crippen LogP contribution in [0, 0.1) is 22.7 Å². The number of carbonyl (C=O) groups is 2. The molecule has 0 saturated carbocycles. The summed E-state index contributed by atoms with van der Waals surface area (Å²) in [5, 5.41) is 22.0. The van der Waals surface area contributed by atoms with Gasteiger partial charge in [-0.1, -0.05) is 48.5 Å². The Bertz CT molecular complexity index is 1150. The number of nitrogens with one attached hydrogen (secondary N) is 1. The predicted molar refractivity (Wildman–Crippen MR) is 120 cm³/mol. The molecule has 1 heterocycles. The molecule has 0 bridgehead atoms. The van der Waals surface area contributed by atoms with Gasteiger partial charge in [-0.15, -0.1) is 0 Å². The monoisotopic (exact) mass is 428 g/mol. The fourth-order valence-corrected chi connectivity index (χ4v) is 3.85. The van der Waals surface area contributed by atoms with Crippen molar-refractivity contribution < 1.29 is 14.3 Å². The predicted octanol–water partition coefficient (Wildman–Crippen LogP) is 4.27. The fourth-order valence-electron chi connectivity index (χ4n) is 3.85. The highest BCUT2D eigenvalue weighted by Crippen LogP contribution is 2.45. The Morgan fingerprint density at radius 1 is 1.06 bits per heavy atom. The average molecular weight is 428 g/mol. The maximum absolute atomic E-state index is 13.6. The molecule has 1 atom stereocenters. The van der Waals surface area contributed by atoms with E-state index in [9.17, 15) is 20.1 Å². The minimum Gasteiger partial charge on any atom is -0.444 e. The van der Waals surface area contributed by atoms with Gasteiger partial charge in [-0.25, -0.2) is 4.79 Å². The molecule has 2 amide bonds. The zero-order valence-electron chi connectivity index (χ0n) is 18.5. The fraction of sp³-hybridized carbons (Fsp3) is 0.280. The van der Waals surface area contributed by atoms with Gasteiger partial charge in [0.25, 0.3) is 5.91 Å². The van der Waals surface area contributed by atoms with E-state index in [4.69, 9.17) is 4.74 Å². The number of nitriles is 2. The SMILES string of the molecule is CN1C(=O)[C@](CC(=C(C#N)C#N)c2ccccc2)(NC(=O)OC(C)(C)C)c2ccccc21. The Morgan fingerprint density at radius 2 is 1.66 bits per heavy atom. The third-order valence-corrected chi connectivity index (χ3v) is 5.20. The largest absolute Gasteiger partial charge is 0.444 e. The van der Waals surface area contributed by atoms with E-state index >= 15 is 0 Å².